The van der Waals surface area contributed by atoms with Crippen molar-refractivity contribution < 1.29 is 26.4 Å². The summed E-state index contributed by atoms with van der Waals surface area (Å²) < 4.78 is 68.9. The van der Waals surface area contributed by atoms with Gasteiger partial charge in [0.15, 0.2) is 0 Å². The molecule has 3 aromatic rings. The van der Waals surface area contributed by atoms with E-state index in [1.807, 2.05) is 5.32 Å². The molecule has 0 bridgehead atoms. The number of para-hydroxylation sites is 2. The lowest BCUT2D eigenvalue weighted by Crippen LogP contribution is -2.39. The maximum Gasteiger partial charge on any atom is 0.264 e. The summed E-state index contributed by atoms with van der Waals surface area (Å²) in [6.45, 7) is 0.867. The summed E-state index contributed by atoms with van der Waals surface area (Å²) in [7, 11) is -4.36. The largest absolute Gasteiger partial charge is 0.320 e. The number of anilines is 2. The van der Waals surface area contributed by atoms with Crippen molar-refractivity contribution in [2.24, 2.45) is 0 Å². The molecule has 5 nitrogen and oxygen atoms in total. The number of aryl methyl sites for hydroxylation is 1. The lowest BCUT2D eigenvalue weighted by molar-refractivity contribution is -0.114. The van der Waals surface area contributed by atoms with Crippen LogP contribution in [-0.4, -0.2) is 20.9 Å². The average Bonchev–Trinajstić information content (AvgIpc) is 2.70. The minimum absolute atomic E-state index is 0.166. The summed E-state index contributed by atoms with van der Waals surface area (Å²) in [6, 6.07) is 13.8. The first kappa shape index (κ1) is 21.4. The Labute approximate surface area is 171 Å². The molecule has 0 atom stereocenters. The standard InChI is InChI=1S/C21H17F3N2O3S/c1-14-9-11-15(12-10-14)30(28,29)26(19-8-3-2-5-16(19)22)13-20(27)25-21-17(23)6-4-7-18(21)24/h2-12H,13H2,1H3,(H,25,27). The number of halogens is 3. The molecule has 0 aromatic heterocycles. The van der Waals surface area contributed by atoms with Gasteiger partial charge in [-0.3, -0.25) is 9.10 Å². The number of rotatable bonds is 6. The van der Waals surface area contributed by atoms with Crippen LogP contribution in [0.2, 0.25) is 0 Å². The number of hydrogen-bond acceptors (Lipinski definition) is 3. The van der Waals surface area contributed by atoms with E-state index in [1.165, 1.54) is 30.3 Å². The Hall–Kier alpha value is -3.33. The lowest BCUT2D eigenvalue weighted by atomic mass is 10.2. The molecule has 0 fully saturated rings. The maximum absolute atomic E-state index is 14.4. The Bertz CT molecular complexity index is 1160. The molecule has 1 amide bonds. The molecule has 0 unspecified atom stereocenters. The van der Waals surface area contributed by atoms with E-state index >= 15 is 0 Å². The number of hydrogen-bond donors (Lipinski definition) is 1. The van der Waals surface area contributed by atoms with Crippen molar-refractivity contribution in [3.8, 4) is 0 Å². The van der Waals surface area contributed by atoms with E-state index in [1.54, 1.807) is 19.1 Å². The topological polar surface area (TPSA) is 66.5 Å². The molecule has 0 radical (unpaired) electrons. The number of carbonyl (C=O) groups excluding carboxylic acids is 1. The number of benzene rings is 3. The third-order valence-electron chi connectivity index (χ3n) is 4.24. The van der Waals surface area contributed by atoms with E-state index in [9.17, 15) is 26.4 Å². The van der Waals surface area contributed by atoms with Crippen molar-refractivity contribution in [3.05, 3.63) is 89.7 Å². The van der Waals surface area contributed by atoms with E-state index in [0.29, 0.717) is 4.31 Å². The van der Waals surface area contributed by atoms with Gasteiger partial charge in [0.05, 0.1) is 10.6 Å². The van der Waals surface area contributed by atoms with Crippen LogP contribution in [0.25, 0.3) is 0 Å². The Morgan fingerprint density at radius 2 is 1.43 bits per heavy atom. The smallest absolute Gasteiger partial charge is 0.264 e. The normalized spacial score (nSPS) is 11.2. The zero-order valence-electron chi connectivity index (χ0n) is 15.8. The second-order valence-electron chi connectivity index (χ2n) is 6.42. The van der Waals surface area contributed by atoms with Gasteiger partial charge in [-0.05, 0) is 43.3 Å². The highest BCUT2D eigenvalue weighted by Gasteiger charge is 2.29. The molecule has 30 heavy (non-hydrogen) atoms. The fourth-order valence-corrected chi connectivity index (χ4v) is 4.15. The van der Waals surface area contributed by atoms with Gasteiger partial charge < -0.3 is 5.32 Å². The van der Waals surface area contributed by atoms with Gasteiger partial charge in [-0.2, -0.15) is 0 Å². The maximum atomic E-state index is 14.4. The van der Waals surface area contributed by atoms with Crippen LogP contribution >= 0.6 is 0 Å². The van der Waals surface area contributed by atoms with Gasteiger partial charge in [-0.1, -0.05) is 35.9 Å². The van der Waals surface area contributed by atoms with E-state index in [-0.39, 0.29) is 10.6 Å². The van der Waals surface area contributed by atoms with E-state index < -0.39 is 45.6 Å². The van der Waals surface area contributed by atoms with Crippen molar-refractivity contribution >= 4 is 27.3 Å². The number of amides is 1. The molecule has 9 heteroatoms. The Morgan fingerprint density at radius 3 is 2.03 bits per heavy atom. The first-order valence-electron chi connectivity index (χ1n) is 8.78. The molecule has 0 aliphatic rings. The summed E-state index contributed by atoms with van der Waals surface area (Å²) in [5.41, 5.74) is -0.287. The molecule has 0 aliphatic heterocycles. The molecule has 3 rings (SSSR count). The first-order chi connectivity index (χ1) is 14.2. The van der Waals surface area contributed by atoms with Crippen LogP contribution < -0.4 is 9.62 Å². The van der Waals surface area contributed by atoms with Crippen LogP contribution in [0, 0.1) is 24.4 Å². The fraction of sp³-hybridized carbons (Fsp3) is 0.0952. The van der Waals surface area contributed by atoms with Crippen LogP contribution in [0.3, 0.4) is 0 Å². The van der Waals surface area contributed by atoms with E-state index in [2.05, 4.69) is 0 Å². The first-order valence-corrected chi connectivity index (χ1v) is 10.2. The fourth-order valence-electron chi connectivity index (χ4n) is 2.72. The molecule has 156 valence electrons. The molecule has 1 N–H and O–H groups in total. The third-order valence-corrected chi connectivity index (χ3v) is 6.02. The van der Waals surface area contributed by atoms with Crippen LogP contribution in [0.5, 0.6) is 0 Å². The summed E-state index contributed by atoms with van der Waals surface area (Å²) in [4.78, 5) is 12.3. The predicted molar refractivity (Wildman–Crippen MR) is 107 cm³/mol. The predicted octanol–water partition coefficient (Wildman–Crippen LogP) is 4.25. The van der Waals surface area contributed by atoms with Crippen molar-refractivity contribution in [1.82, 2.24) is 0 Å². The van der Waals surface area contributed by atoms with Crippen molar-refractivity contribution in [2.45, 2.75) is 11.8 Å². The summed E-state index contributed by atoms with van der Waals surface area (Å²) in [6.07, 6.45) is 0. The van der Waals surface area contributed by atoms with Gasteiger partial charge >= 0.3 is 0 Å². The van der Waals surface area contributed by atoms with Gasteiger partial charge in [0.1, 0.15) is 29.7 Å². The van der Waals surface area contributed by atoms with Gasteiger partial charge in [-0.25, -0.2) is 21.6 Å². The molecular weight excluding hydrogens is 417 g/mol. The quantitative estimate of drug-likeness (QED) is 0.631. The average molecular weight is 434 g/mol. The highest BCUT2D eigenvalue weighted by Crippen LogP contribution is 2.27. The Balaban J connectivity index is 1.99. The molecular formula is C21H17F3N2O3S. The summed E-state index contributed by atoms with van der Waals surface area (Å²) in [5.74, 6) is -3.97. The Kier molecular flexibility index (Phi) is 6.12. The van der Waals surface area contributed by atoms with Gasteiger partial charge in [-0.15, -0.1) is 0 Å². The number of sulfonamides is 1. The summed E-state index contributed by atoms with van der Waals surface area (Å²) >= 11 is 0. The van der Waals surface area contributed by atoms with E-state index in [4.69, 9.17) is 0 Å². The van der Waals surface area contributed by atoms with Crippen molar-refractivity contribution in [1.29, 1.82) is 0 Å². The van der Waals surface area contributed by atoms with Crippen molar-refractivity contribution in [2.75, 3.05) is 16.2 Å². The second kappa shape index (κ2) is 8.58. The van der Waals surface area contributed by atoms with Crippen LogP contribution in [0.15, 0.2) is 71.6 Å². The van der Waals surface area contributed by atoms with Gasteiger partial charge in [0.2, 0.25) is 5.91 Å². The minimum Gasteiger partial charge on any atom is -0.320 e. The van der Waals surface area contributed by atoms with Gasteiger partial charge in [0.25, 0.3) is 10.0 Å². The SMILES string of the molecule is Cc1ccc(S(=O)(=O)N(CC(=O)Nc2c(F)cccc2F)c2ccccc2F)cc1. The Morgan fingerprint density at radius 1 is 0.867 bits per heavy atom. The third kappa shape index (κ3) is 4.46. The lowest BCUT2D eigenvalue weighted by Gasteiger charge is -2.24. The van der Waals surface area contributed by atoms with Crippen LogP contribution in [0.4, 0.5) is 24.5 Å². The molecule has 0 saturated heterocycles. The molecule has 0 aliphatic carbocycles. The number of nitrogens with zero attached hydrogens (tertiary/aromatic N) is 1. The number of carbonyl (C=O) groups is 1. The molecule has 0 spiro atoms. The highest BCUT2D eigenvalue weighted by molar-refractivity contribution is 7.92. The van der Waals surface area contributed by atoms with E-state index in [0.717, 1.165) is 29.8 Å². The zero-order chi connectivity index (χ0) is 21.9. The monoisotopic (exact) mass is 434 g/mol. The van der Waals surface area contributed by atoms with Crippen molar-refractivity contribution in [3.63, 3.8) is 0 Å². The molecule has 0 saturated carbocycles. The summed E-state index contributed by atoms with van der Waals surface area (Å²) in [5, 5.41) is 2.01. The minimum atomic E-state index is -4.36. The van der Waals surface area contributed by atoms with Crippen LogP contribution in [-0.2, 0) is 14.8 Å². The second-order valence-corrected chi connectivity index (χ2v) is 8.28. The molecule has 0 heterocycles. The highest BCUT2D eigenvalue weighted by atomic mass is 32.2. The zero-order valence-corrected chi connectivity index (χ0v) is 16.6. The number of nitrogens with one attached hydrogen (secondary N) is 1. The molecule has 3 aromatic carbocycles. The van der Waals surface area contributed by atoms with Crippen LogP contribution in [0.1, 0.15) is 5.56 Å². The van der Waals surface area contributed by atoms with Gasteiger partial charge in [0, 0.05) is 0 Å².